The Morgan fingerprint density at radius 1 is 1.44 bits per heavy atom. The predicted molar refractivity (Wildman–Crippen MR) is 68.3 cm³/mol. The fourth-order valence-electron chi connectivity index (χ4n) is 2.65. The van der Waals surface area contributed by atoms with Crippen LogP contribution >= 0.6 is 0 Å². The van der Waals surface area contributed by atoms with E-state index in [0.717, 1.165) is 5.56 Å². The summed E-state index contributed by atoms with van der Waals surface area (Å²) < 4.78 is 13.3. The van der Waals surface area contributed by atoms with Crippen molar-refractivity contribution in [3.63, 3.8) is 0 Å². The van der Waals surface area contributed by atoms with Crippen LogP contribution in [0.4, 0.5) is 4.39 Å². The maximum atomic E-state index is 13.3. The van der Waals surface area contributed by atoms with Gasteiger partial charge in [0.15, 0.2) is 0 Å². The molecule has 1 heterocycles. The van der Waals surface area contributed by atoms with Crippen LogP contribution < -0.4 is 5.73 Å². The smallest absolute Gasteiger partial charge is 0.223 e. The van der Waals surface area contributed by atoms with Crippen molar-refractivity contribution in [1.82, 2.24) is 4.90 Å². The molecule has 2 atom stereocenters. The third-order valence-electron chi connectivity index (χ3n) is 3.43. The van der Waals surface area contributed by atoms with Gasteiger partial charge < -0.3 is 10.6 Å². The minimum atomic E-state index is -0.290. The monoisotopic (exact) mass is 250 g/mol. The maximum Gasteiger partial charge on any atom is 0.223 e. The molecule has 1 amide bonds. The summed E-state index contributed by atoms with van der Waals surface area (Å²) in [5.41, 5.74) is 6.92. The second-order valence-electron chi connectivity index (χ2n) is 5.10. The van der Waals surface area contributed by atoms with Gasteiger partial charge in [-0.3, -0.25) is 4.79 Å². The van der Waals surface area contributed by atoms with Crippen molar-refractivity contribution in [3.8, 4) is 0 Å². The van der Waals surface area contributed by atoms with Crippen molar-refractivity contribution >= 4 is 5.91 Å². The standard InChI is InChI=1S/C14H19FN2O/c1-9(2)17-13(18)7-6-12(16)14(17)10-4-3-5-11(15)8-10/h3-5,8-9,12,14H,6-7,16H2,1-2H3. The molecule has 0 aromatic heterocycles. The zero-order valence-corrected chi connectivity index (χ0v) is 10.8. The van der Waals surface area contributed by atoms with E-state index in [-0.39, 0.29) is 29.8 Å². The number of hydrogen-bond acceptors (Lipinski definition) is 2. The van der Waals surface area contributed by atoms with Crippen LogP contribution in [0, 0.1) is 5.82 Å². The number of amides is 1. The normalized spacial score (nSPS) is 24.7. The van der Waals surface area contributed by atoms with Crippen LogP contribution in [0.5, 0.6) is 0 Å². The lowest BCUT2D eigenvalue weighted by Crippen LogP contribution is -2.51. The fourth-order valence-corrected chi connectivity index (χ4v) is 2.65. The predicted octanol–water partition coefficient (Wildman–Crippen LogP) is 2.22. The van der Waals surface area contributed by atoms with Crippen LogP contribution in [0.15, 0.2) is 24.3 Å². The van der Waals surface area contributed by atoms with Crippen molar-refractivity contribution in [2.75, 3.05) is 0 Å². The Bertz CT molecular complexity index is 447. The molecule has 98 valence electrons. The number of likely N-dealkylation sites (tertiary alicyclic amines) is 1. The Balaban J connectivity index is 2.39. The van der Waals surface area contributed by atoms with Gasteiger partial charge in [0.2, 0.25) is 5.91 Å². The molecule has 1 aromatic carbocycles. The number of halogens is 1. The van der Waals surface area contributed by atoms with E-state index < -0.39 is 0 Å². The van der Waals surface area contributed by atoms with Gasteiger partial charge in [0, 0.05) is 18.5 Å². The average Bonchev–Trinajstić information content (AvgIpc) is 2.31. The first-order valence-electron chi connectivity index (χ1n) is 6.33. The fraction of sp³-hybridized carbons (Fsp3) is 0.500. The van der Waals surface area contributed by atoms with Gasteiger partial charge >= 0.3 is 0 Å². The molecule has 0 bridgehead atoms. The molecule has 1 aliphatic rings. The lowest BCUT2D eigenvalue weighted by Gasteiger charge is -2.42. The van der Waals surface area contributed by atoms with Gasteiger partial charge in [-0.1, -0.05) is 12.1 Å². The number of hydrogen-bond donors (Lipinski definition) is 1. The molecule has 18 heavy (non-hydrogen) atoms. The number of carbonyl (C=O) groups excluding carboxylic acids is 1. The third-order valence-corrected chi connectivity index (χ3v) is 3.43. The van der Waals surface area contributed by atoms with Gasteiger partial charge in [0.25, 0.3) is 0 Å². The zero-order chi connectivity index (χ0) is 13.3. The highest BCUT2D eigenvalue weighted by Gasteiger charge is 2.36. The molecule has 4 heteroatoms. The van der Waals surface area contributed by atoms with Crippen molar-refractivity contribution in [2.45, 2.75) is 44.8 Å². The van der Waals surface area contributed by atoms with Crippen molar-refractivity contribution in [1.29, 1.82) is 0 Å². The molecule has 2 rings (SSSR count). The molecule has 2 unspecified atom stereocenters. The average molecular weight is 250 g/mol. The van der Waals surface area contributed by atoms with E-state index >= 15 is 0 Å². The van der Waals surface area contributed by atoms with Crippen LogP contribution in [-0.4, -0.2) is 22.9 Å². The second kappa shape index (κ2) is 5.06. The number of carbonyl (C=O) groups is 1. The molecule has 0 radical (unpaired) electrons. The molecule has 0 spiro atoms. The molecular formula is C14H19FN2O. The molecular weight excluding hydrogens is 231 g/mol. The summed E-state index contributed by atoms with van der Waals surface area (Å²) in [7, 11) is 0. The Hall–Kier alpha value is -1.42. The van der Waals surface area contributed by atoms with Gasteiger partial charge in [-0.25, -0.2) is 4.39 Å². The Morgan fingerprint density at radius 2 is 2.17 bits per heavy atom. The van der Waals surface area contributed by atoms with Crippen LogP contribution in [0.1, 0.15) is 38.3 Å². The summed E-state index contributed by atoms with van der Waals surface area (Å²) in [5.74, 6) is -0.192. The van der Waals surface area contributed by atoms with E-state index in [2.05, 4.69) is 0 Å². The number of nitrogens with zero attached hydrogens (tertiary/aromatic N) is 1. The molecule has 0 saturated carbocycles. The zero-order valence-electron chi connectivity index (χ0n) is 10.8. The number of rotatable bonds is 2. The Morgan fingerprint density at radius 3 is 2.78 bits per heavy atom. The van der Waals surface area contributed by atoms with E-state index in [1.165, 1.54) is 12.1 Å². The lowest BCUT2D eigenvalue weighted by molar-refractivity contribution is -0.139. The van der Waals surface area contributed by atoms with Gasteiger partial charge in [-0.2, -0.15) is 0 Å². The summed E-state index contributed by atoms with van der Waals surface area (Å²) in [6, 6.07) is 6.08. The highest BCUT2D eigenvalue weighted by atomic mass is 19.1. The minimum Gasteiger partial charge on any atom is -0.332 e. The van der Waals surface area contributed by atoms with Gasteiger partial charge in [0.05, 0.1) is 6.04 Å². The molecule has 1 aliphatic heterocycles. The third kappa shape index (κ3) is 2.38. The topological polar surface area (TPSA) is 46.3 Å². The molecule has 0 aliphatic carbocycles. The van der Waals surface area contributed by atoms with Crippen LogP contribution in [-0.2, 0) is 4.79 Å². The molecule has 3 nitrogen and oxygen atoms in total. The molecule has 1 saturated heterocycles. The maximum absolute atomic E-state index is 13.3. The first kappa shape index (κ1) is 13.0. The van der Waals surface area contributed by atoms with E-state index in [1.54, 1.807) is 11.0 Å². The van der Waals surface area contributed by atoms with Gasteiger partial charge in [-0.05, 0) is 38.0 Å². The van der Waals surface area contributed by atoms with Crippen molar-refractivity contribution in [2.24, 2.45) is 5.73 Å². The summed E-state index contributed by atoms with van der Waals surface area (Å²) in [6.45, 7) is 3.92. The van der Waals surface area contributed by atoms with Crippen molar-refractivity contribution in [3.05, 3.63) is 35.6 Å². The van der Waals surface area contributed by atoms with Crippen LogP contribution in [0.3, 0.4) is 0 Å². The SMILES string of the molecule is CC(C)N1C(=O)CCC(N)C1c1cccc(F)c1. The molecule has 1 fully saturated rings. The number of nitrogens with two attached hydrogens (primary N) is 1. The molecule has 2 N–H and O–H groups in total. The van der Waals surface area contributed by atoms with E-state index in [0.29, 0.717) is 12.8 Å². The summed E-state index contributed by atoms with van der Waals surface area (Å²) in [4.78, 5) is 13.8. The first-order valence-corrected chi connectivity index (χ1v) is 6.33. The summed E-state index contributed by atoms with van der Waals surface area (Å²) in [5, 5.41) is 0. The van der Waals surface area contributed by atoms with Crippen LogP contribution in [0.25, 0.3) is 0 Å². The van der Waals surface area contributed by atoms with E-state index in [4.69, 9.17) is 5.73 Å². The van der Waals surface area contributed by atoms with Crippen molar-refractivity contribution < 1.29 is 9.18 Å². The highest BCUT2D eigenvalue weighted by molar-refractivity contribution is 5.78. The minimum absolute atomic E-state index is 0.0668. The van der Waals surface area contributed by atoms with E-state index in [1.807, 2.05) is 19.9 Å². The molecule has 1 aromatic rings. The van der Waals surface area contributed by atoms with Gasteiger partial charge in [0.1, 0.15) is 5.82 Å². The summed E-state index contributed by atoms with van der Waals surface area (Å²) in [6.07, 6.45) is 1.13. The van der Waals surface area contributed by atoms with E-state index in [9.17, 15) is 9.18 Å². The highest BCUT2D eigenvalue weighted by Crippen LogP contribution is 2.32. The first-order chi connectivity index (χ1) is 8.50. The summed E-state index contributed by atoms with van der Waals surface area (Å²) >= 11 is 0. The quantitative estimate of drug-likeness (QED) is 0.874. The largest absolute Gasteiger partial charge is 0.332 e. The number of piperidine rings is 1. The number of benzene rings is 1. The Labute approximate surface area is 107 Å². The second-order valence-corrected chi connectivity index (χ2v) is 5.10. The van der Waals surface area contributed by atoms with Gasteiger partial charge in [-0.15, -0.1) is 0 Å². The Kier molecular flexibility index (Phi) is 3.66. The van der Waals surface area contributed by atoms with Crippen LogP contribution in [0.2, 0.25) is 0 Å². The lowest BCUT2D eigenvalue weighted by atomic mass is 9.89.